The van der Waals surface area contributed by atoms with Gasteiger partial charge < -0.3 is 15.2 Å². The number of nitrogens with two attached hydrogens (primary N) is 1. The van der Waals surface area contributed by atoms with Gasteiger partial charge in [0.15, 0.2) is 0 Å². The zero-order chi connectivity index (χ0) is 14.7. The van der Waals surface area contributed by atoms with Crippen LogP contribution in [0.3, 0.4) is 0 Å². The highest BCUT2D eigenvalue weighted by atomic mass is 35.5. The van der Waals surface area contributed by atoms with E-state index in [0.717, 1.165) is 0 Å². The lowest BCUT2D eigenvalue weighted by Gasteiger charge is -2.13. The summed E-state index contributed by atoms with van der Waals surface area (Å²) in [6, 6.07) is 10.4. The van der Waals surface area contributed by atoms with Crippen LogP contribution in [0.5, 0.6) is 17.2 Å². The summed E-state index contributed by atoms with van der Waals surface area (Å²) in [6.07, 6.45) is 0.0550. The fourth-order valence-electron chi connectivity index (χ4n) is 1.68. The third-order valence-corrected chi connectivity index (χ3v) is 3.22. The highest BCUT2D eigenvalue weighted by Crippen LogP contribution is 2.36. The second kappa shape index (κ2) is 6.25. The predicted octanol–water partition coefficient (Wildman–Crippen LogP) is 5.16. The first-order chi connectivity index (χ1) is 9.45. The van der Waals surface area contributed by atoms with Crippen LogP contribution in [0.15, 0.2) is 36.4 Å². The minimum atomic E-state index is 0.0550. The molecule has 0 atom stereocenters. The SMILES string of the molecule is CC(C)Oc1cc(N)cc(Oc2cccc(Cl)c2Cl)c1. The zero-order valence-electron chi connectivity index (χ0n) is 11.2. The standard InChI is InChI=1S/C15H15Cl2NO2/c1-9(2)19-11-6-10(18)7-12(8-11)20-14-5-3-4-13(16)15(14)17/h3-9H,18H2,1-2H3. The Morgan fingerprint density at radius 2 is 1.75 bits per heavy atom. The van der Waals surface area contributed by atoms with Crippen molar-refractivity contribution in [1.82, 2.24) is 0 Å². The number of nitrogen functional groups attached to an aromatic ring is 1. The van der Waals surface area contributed by atoms with Gasteiger partial charge in [-0.15, -0.1) is 0 Å². The van der Waals surface area contributed by atoms with E-state index in [2.05, 4.69) is 0 Å². The normalized spacial score (nSPS) is 10.7. The first kappa shape index (κ1) is 14.8. The van der Waals surface area contributed by atoms with Crippen LogP contribution in [-0.4, -0.2) is 6.10 Å². The van der Waals surface area contributed by atoms with Gasteiger partial charge in [-0.1, -0.05) is 29.3 Å². The molecular formula is C15H15Cl2NO2. The summed E-state index contributed by atoms with van der Waals surface area (Å²) in [5.74, 6) is 1.67. The van der Waals surface area contributed by atoms with Crippen LogP contribution in [0, 0.1) is 0 Å². The molecule has 5 heteroatoms. The van der Waals surface area contributed by atoms with Crippen molar-refractivity contribution >= 4 is 28.9 Å². The molecule has 0 aliphatic heterocycles. The number of rotatable bonds is 4. The van der Waals surface area contributed by atoms with Gasteiger partial charge in [0.1, 0.15) is 22.3 Å². The maximum atomic E-state index is 6.09. The minimum Gasteiger partial charge on any atom is -0.491 e. The van der Waals surface area contributed by atoms with Crippen molar-refractivity contribution in [3.8, 4) is 17.2 Å². The van der Waals surface area contributed by atoms with Crippen LogP contribution < -0.4 is 15.2 Å². The van der Waals surface area contributed by atoms with Gasteiger partial charge in [-0.2, -0.15) is 0 Å². The van der Waals surface area contributed by atoms with Gasteiger partial charge in [-0.05, 0) is 26.0 Å². The van der Waals surface area contributed by atoms with E-state index in [-0.39, 0.29) is 6.10 Å². The molecule has 0 amide bonds. The molecule has 0 radical (unpaired) electrons. The number of hydrogen-bond acceptors (Lipinski definition) is 3. The van der Waals surface area contributed by atoms with Crippen molar-refractivity contribution in [2.75, 3.05) is 5.73 Å². The summed E-state index contributed by atoms with van der Waals surface area (Å²) in [5, 5.41) is 0.801. The van der Waals surface area contributed by atoms with Gasteiger partial charge in [0.2, 0.25) is 0 Å². The molecule has 2 N–H and O–H groups in total. The monoisotopic (exact) mass is 311 g/mol. The third kappa shape index (κ3) is 3.71. The number of hydrogen-bond donors (Lipinski definition) is 1. The summed E-state index contributed by atoms with van der Waals surface area (Å²) in [5.41, 5.74) is 6.39. The van der Waals surface area contributed by atoms with E-state index < -0.39 is 0 Å². The topological polar surface area (TPSA) is 44.5 Å². The van der Waals surface area contributed by atoms with Gasteiger partial charge in [0, 0.05) is 23.9 Å². The lowest BCUT2D eigenvalue weighted by atomic mass is 10.2. The fourth-order valence-corrected chi connectivity index (χ4v) is 2.01. The molecule has 2 rings (SSSR count). The largest absolute Gasteiger partial charge is 0.491 e. The molecule has 0 aliphatic rings. The number of anilines is 1. The Labute approximate surface area is 128 Å². The molecule has 0 bridgehead atoms. The lowest BCUT2D eigenvalue weighted by molar-refractivity contribution is 0.242. The zero-order valence-corrected chi connectivity index (χ0v) is 12.7. The molecule has 0 aromatic heterocycles. The van der Waals surface area contributed by atoms with E-state index in [1.54, 1.807) is 36.4 Å². The Morgan fingerprint density at radius 1 is 1.05 bits per heavy atom. The Kier molecular flexibility index (Phi) is 4.63. The highest BCUT2D eigenvalue weighted by Gasteiger charge is 2.09. The first-order valence-corrected chi connectivity index (χ1v) is 6.90. The molecule has 0 saturated carbocycles. The number of ether oxygens (including phenoxy) is 2. The Hall–Kier alpha value is -1.58. The molecule has 3 nitrogen and oxygen atoms in total. The van der Waals surface area contributed by atoms with E-state index in [4.69, 9.17) is 38.4 Å². The second-order valence-corrected chi connectivity index (χ2v) is 5.34. The van der Waals surface area contributed by atoms with Gasteiger partial charge in [-0.25, -0.2) is 0 Å². The average Bonchev–Trinajstić information content (AvgIpc) is 2.33. The second-order valence-electron chi connectivity index (χ2n) is 4.56. The van der Waals surface area contributed by atoms with E-state index >= 15 is 0 Å². The Morgan fingerprint density at radius 3 is 2.45 bits per heavy atom. The maximum Gasteiger partial charge on any atom is 0.147 e. The van der Waals surface area contributed by atoms with Crippen LogP contribution in [0.4, 0.5) is 5.69 Å². The molecule has 0 unspecified atom stereocenters. The highest BCUT2D eigenvalue weighted by molar-refractivity contribution is 6.42. The average molecular weight is 312 g/mol. The van der Waals surface area contributed by atoms with Crippen LogP contribution >= 0.6 is 23.2 Å². The molecule has 0 spiro atoms. The predicted molar refractivity (Wildman–Crippen MR) is 83.2 cm³/mol. The van der Waals surface area contributed by atoms with Gasteiger partial charge in [0.25, 0.3) is 0 Å². The molecule has 0 saturated heterocycles. The first-order valence-electron chi connectivity index (χ1n) is 6.15. The molecule has 0 fully saturated rings. The summed E-state index contributed by atoms with van der Waals surface area (Å²) >= 11 is 12.0. The van der Waals surface area contributed by atoms with Crippen molar-refractivity contribution in [3.63, 3.8) is 0 Å². The van der Waals surface area contributed by atoms with Crippen molar-refractivity contribution in [3.05, 3.63) is 46.4 Å². The van der Waals surface area contributed by atoms with E-state index in [0.29, 0.717) is 33.0 Å². The van der Waals surface area contributed by atoms with E-state index in [1.165, 1.54) is 0 Å². The van der Waals surface area contributed by atoms with Crippen molar-refractivity contribution in [1.29, 1.82) is 0 Å². The van der Waals surface area contributed by atoms with Gasteiger partial charge in [0.05, 0.1) is 11.1 Å². The van der Waals surface area contributed by atoms with Crippen LogP contribution in [0.1, 0.15) is 13.8 Å². The molecular weight excluding hydrogens is 297 g/mol. The number of halogens is 2. The van der Waals surface area contributed by atoms with Gasteiger partial charge >= 0.3 is 0 Å². The smallest absolute Gasteiger partial charge is 0.147 e. The van der Waals surface area contributed by atoms with Crippen LogP contribution in [0.2, 0.25) is 10.0 Å². The van der Waals surface area contributed by atoms with Crippen molar-refractivity contribution < 1.29 is 9.47 Å². The van der Waals surface area contributed by atoms with Crippen molar-refractivity contribution in [2.45, 2.75) is 20.0 Å². The third-order valence-electron chi connectivity index (χ3n) is 2.42. The fraction of sp³-hybridized carbons (Fsp3) is 0.200. The van der Waals surface area contributed by atoms with Crippen molar-refractivity contribution in [2.24, 2.45) is 0 Å². The molecule has 2 aromatic carbocycles. The lowest BCUT2D eigenvalue weighted by Crippen LogP contribution is -2.05. The molecule has 106 valence electrons. The molecule has 0 aliphatic carbocycles. The van der Waals surface area contributed by atoms with E-state index in [9.17, 15) is 0 Å². The van der Waals surface area contributed by atoms with Crippen LogP contribution in [0.25, 0.3) is 0 Å². The molecule has 0 heterocycles. The van der Waals surface area contributed by atoms with E-state index in [1.807, 2.05) is 13.8 Å². The summed E-state index contributed by atoms with van der Waals surface area (Å²) in [4.78, 5) is 0. The quantitative estimate of drug-likeness (QED) is 0.794. The van der Waals surface area contributed by atoms with Gasteiger partial charge in [-0.3, -0.25) is 0 Å². The number of benzene rings is 2. The summed E-state index contributed by atoms with van der Waals surface area (Å²) < 4.78 is 11.3. The Balaban J connectivity index is 2.29. The minimum absolute atomic E-state index is 0.0550. The summed E-state index contributed by atoms with van der Waals surface area (Å²) in [7, 11) is 0. The van der Waals surface area contributed by atoms with Crippen LogP contribution in [-0.2, 0) is 0 Å². The Bertz CT molecular complexity index is 615. The molecule has 20 heavy (non-hydrogen) atoms. The maximum absolute atomic E-state index is 6.09. The summed E-state index contributed by atoms with van der Waals surface area (Å²) in [6.45, 7) is 3.88. The molecule has 2 aromatic rings.